The van der Waals surface area contributed by atoms with Gasteiger partial charge in [0.05, 0.1) is 24.2 Å². The molecule has 6 nitrogen and oxygen atoms in total. The van der Waals surface area contributed by atoms with E-state index >= 15 is 0 Å². The molecule has 36 heavy (non-hydrogen) atoms. The molecule has 4 aromatic carbocycles. The molecule has 4 aromatic rings. The Kier molecular flexibility index (Phi) is 7.62. The maximum absolute atomic E-state index is 13.0. The first-order valence-electron chi connectivity index (χ1n) is 11.2. The Morgan fingerprint density at radius 3 is 2.25 bits per heavy atom. The number of rotatable bonds is 8. The largest absolute Gasteiger partial charge is 0.455 e. The van der Waals surface area contributed by atoms with Crippen molar-refractivity contribution in [1.29, 1.82) is 0 Å². The fourth-order valence-electron chi connectivity index (χ4n) is 3.62. The van der Waals surface area contributed by atoms with Gasteiger partial charge in [0.15, 0.2) is 5.75 Å². The summed E-state index contributed by atoms with van der Waals surface area (Å²) in [5.74, 6) is 0.679. The molecule has 0 radical (unpaired) electrons. The van der Waals surface area contributed by atoms with E-state index in [0.29, 0.717) is 33.5 Å². The number of sulfonamides is 1. The summed E-state index contributed by atoms with van der Waals surface area (Å²) in [6.45, 7) is 2.13. The van der Waals surface area contributed by atoms with Crippen molar-refractivity contribution in [3.63, 3.8) is 0 Å². The molecule has 0 unspecified atom stereocenters. The Balaban J connectivity index is 1.55. The van der Waals surface area contributed by atoms with Crippen LogP contribution in [0.3, 0.4) is 0 Å². The van der Waals surface area contributed by atoms with E-state index in [9.17, 15) is 13.2 Å². The number of halogens is 1. The maximum Gasteiger partial charge on any atom is 0.255 e. The van der Waals surface area contributed by atoms with Gasteiger partial charge in [-0.1, -0.05) is 54.1 Å². The van der Waals surface area contributed by atoms with Gasteiger partial charge in [-0.15, -0.1) is 0 Å². The molecule has 1 amide bonds. The molecule has 184 valence electrons. The summed E-state index contributed by atoms with van der Waals surface area (Å²) in [6, 6.07) is 28.2. The van der Waals surface area contributed by atoms with Gasteiger partial charge in [0, 0.05) is 10.6 Å². The van der Waals surface area contributed by atoms with Crippen LogP contribution in [0.25, 0.3) is 0 Å². The third-order valence-electron chi connectivity index (χ3n) is 5.55. The van der Waals surface area contributed by atoms with Gasteiger partial charge in [0.25, 0.3) is 5.91 Å². The van der Waals surface area contributed by atoms with Gasteiger partial charge in [-0.25, -0.2) is 8.42 Å². The average molecular weight is 521 g/mol. The van der Waals surface area contributed by atoms with Crippen molar-refractivity contribution in [1.82, 2.24) is 0 Å². The first-order valence-corrected chi connectivity index (χ1v) is 13.4. The predicted molar refractivity (Wildman–Crippen MR) is 145 cm³/mol. The van der Waals surface area contributed by atoms with Gasteiger partial charge in [0.2, 0.25) is 10.0 Å². The Bertz CT molecular complexity index is 1470. The predicted octanol–water partition coefficient (Wildman–Crippen LogP) is 6.66. The number of aryl methyl sites for hydroxylation is 1. The summed E-state index contributed by atoms with van der Waals surface area (Å²) < 4.78 is 32.3. The zero-order valence-corrected chi connectivity index (χ0v) is 21.4. The van der Waals surface area contributed by atoms with E-state index in [1.54, 1.807) is 42.5 Å². The molecule has 0 fully saturated rings. The summed E-state index contributed by atoms with van der Waals surface area (Å²) >= 11 is 6.16. The summed E-state index contributed by atoms with van der Waals surface area (Å²) in [4.78, 5) is 13.0. The van der Waals surface area contributed by atoms with Gasteiger partial charge in [-0.3, -0.25) is 9.10 Å². The second-order valence-electron chi connectivity index (χ2n) is 8.25. The lowest BCUT2D eigenvalue weighted by Crippen LogP contribution is -2.29. The SMILES string of the molecule is Cc1ccccc1CN(c1ccc(C(=O)Nc2cc(Cl)ccc2Oc2ccccc2)cc1)S(C)(=O)=O. The normalized spacial score (nSPS) is 11.1. The van der Waals surface area contributed by atoms with Gasteiger partial charge >= 0.3 is 0 Å². The van der Waals surface area contributed by atoms with Crippen LogP contribution in [0.1, 0.15) is 21.5 Å². The van der Waals surface area contributed by atoms with Crippen LogP contribution in [-0.2, 0) is 16.6 Å². The molecule has 0 saturated carbocycles. The Morgan fingerprint density at radius 1 is 0.917 bits per heavy atom. The summed E-state index contributed by atoms with van der Waals surface area (Å²) in [7, 11) is -3.55. The first-order chi connectivity index (χ1) is 17.2. The zero-order valence-electron chi connectivity index (χ0n) is 19.8. The van der Waals surface area contributed by atoms with Gasteiger partial charge in [-0.05, 0) is 72.6 Å². The fraction of sp³-hybridized carbons (Fsp3) is 0.107. The maximum atomic E-state index is 13.0. The highest BCUT2D eigenvalue weighted by atomic mass is 35.5. The highest BCUT2D eigenvalue weighted by Crippen LogP contribution is 2.32. The third-order valence-corrected chi connectivity index (χ3v) is 6.93. The molecule has 0 aliphatic heterocycles. The molecule has 0 aliphatic carbocycles. The minimum atomic E-state index is -3.55. The van der Waals surface area contributed by atoms with E-state index in [2.05, 4.69) is 5.32 Å². The summed E-state index contributed by atoms with van der Waals surface area (Å²) in [5, 5.41) is 3.28. The number of para-hydroxylation sites is 1. The number of nitrogens with zero attached hydrogens (tertiary/aromatic N) is 1. The molecular weight excluding hydrogens is 496 g/mol. The lowest BCUT2D eigenvalue weighted by molar-refractivity contribution is 0.102. The lowest BCUT2D eigenvalue weighted by Gasteiger charge is -2.23. The molecule has 1 N–H and O–H groups in total. The van der Waals surface area contributed by atoms with E-state index in [0.717, 1.165) is 11.1 Å². The van der Waals surface area contributed by atoms with Crippen molar-refractivity contribution >= 4 is 38.9 Å². The first kappa shape index (κ1) is 25.3. The van der Waals surface area contributed by atoms with Crippen molar-refractivity contribution in [3.05, 3.63) is 119 Å². The molecular formula is C28H25ClN2O4S. The lowest BCUT2D eigenvalue weighted by atomic mass is 10.1. The van der Waals surface area contributed by atoms with Crippen LogP contribution >= 0.6 is 11.6 Å². The van der Waals surface area contributed by atoms with E-state index in [1.165, 1.54) is 10.6 Å². The van der Waals surface area contributed by atoms with E-state index < -0.39 is 10.0 Å². The minimum Gasteiger partial charge on any atom is -0.455 e. The number of anilines is 2. The van der Waals surface area contributed by atoms with Crippen molar-refractivity contribution < 1.29 is 17.9 Å². The number of hydrogen-bond acceptors (Lipinski definition) is 4. The average Bonchev–Trinajstić information content (AvgIpc) is 2.85. The van der Waals surface area contributed by atoms with Crippen LogP contribution in [0.15, 0.2) is 97.1 Å². The van der Waals surface area contributed by atoms with Crippen LogP contribution < -0.4 is 14.4 Å². The number of carbonyl (C=O) groups excluding carboxylic acids is 1. The number of carbonyl (C=O) groups is 1. The Morgan fingerprint density at radius 2 is 1.58 bits per heavy atom. The van der Waals surface area contributed by atoms with Crippen LogP contribution in [0, 0.1) is 6.92 Å². The molecule has 0 aromatic heterocycles. The second kappa shape index (κ2) is 10.8. The molecule has 0 saturated heterocycles. The summed E-state index contributed by atoms with van der Waals surface area (Å²) in [6.07, 6.45) is 1.17. The Hall–Kier alpha value is -3.81. The molecule has 0 atom stereocenters. The smallest absolute Gasteiger partial charge is 0.255 e. The van der Waals surface area contributed by atoms with Crippen LogP contribution in [-0.4, -0.2) is 20.6 Å². The van der Waals surface area contributed by atoms with Crippen molar-refractivity contribution in [2.24, 2.45) is 0 Å². The standard InChI is InChI=1S/C28H25ClN2O4S/c1-20-8-6-7-9-22(20)19-31(36(2,33)34)24-15-12-21(13-16-24)28(32)30-26-18-23(29)14-17-27(26)35-25-10-4-3-5-11-25/h3-18H,19H2,1-2H3,(H,30,32). The molecule has 4 rings (SSSR count). The molecule has 0 aliphatic rings. The summed E-state index contributed by atoms with van der Waals surface area (Å²) in [5.41, 5.74) is 3.13. The van der Waals surface area contributed by atoms with Gasteiger partial charge in [0.1, 0.15) is 5.75 Å². The Labute approximate surface area is 216 Å². The van der Waals surface area contributed by atoms with Crippen LogP contribution in [0.5, 0.6) is 11.5 Å². The fourth-order valence-corrected chi connectivity index (χ4v) is 4.67. The topological polar surface area (TPSA) is 75.7 Å². The molecule has 0 spiro atoms. The van der Waals surface area contributed by atoms with E-state index in [-0.39, 0.29) is 12.5 Å². The number of amides is 1. The van der Waals surface area contributed by atoms with Crippen molar-refractivity contribution in [3.8, 4) is 11.5 Å². The zero-order chi connectivity index (χ0) is 25.7. The van der Waals surface area contributed by atoms with E-state index in [1.807, 2.05) is 61.5 Å². The number of hydrogen-bond donors (Lipinski definition) is 1. The van der Waals surface area contributed by atoms with Crippen molar-refractivity contribution in [2.45, 2.75) is 13.5 Å². The molecule has 8 heteroatoms. The minimum absolute atomic E-state index is 0.194. The monoisotopic (exact) mass is 520 g/mol. The van der Waals surface area contributed by atoms with E-state index in [4.69, 9.17) is 16.3 Å². The third kappa shape index (κ3) is 6.24. The highest BCUT2D eigenvalue weighted by molar-refractivity contribution is 7.92. The van der Waals surface area contributed by atoms with Gasteiger partial charge in [-0.2, -0.15) is 0 Å². The molecule has 0 bridgehead atoms. The molecule has 0 heterocycles. The van der Waals surface area contributed by atoms with Crippen LogP contribution in [0.4, 0.5) is 11.4 Å². The van der Waals surface area contributed by atoms with Crippen LogP contribution in [0.2, 0.25) is 5.02 Å². The quantitative estimate of drug-likeness (QED) is 0.282. The van der Waals surface area contributed by atoms with Crippen molar-refractivity contribution in [2.75, 3.05) is 15.9 Å². The number of ether oxygens (including phenoxy) is 1. The number of benzene rings is 4. The second-order valence-corrected chi connectivity index (χ2v) is 10.6. The number of nitrogens with one attached hydrogen (secondary N) is 1. The highest BCUT2D eigenvalue weighted by Gasteiger charge is 2.19. The van der Waals surface area contributed by atoms with Gasteiger partial charge < -0.3 is 10.1 Å².